The summed E-state index contributed by atoms with van der Waals surface area (Å²) in [5, 5.41) is 11.0. The molecule has 0 bridgehead atoms. The number of furan rings is 1. The van der Waals surface area contributed by atoms with Crippen LogP contribution in [0.15, 0.2) is 45.5 Å². The number of amides is 1. The van der Waals surface area contributed by atoms with Crippen LogP contribution in [0.3, 0.4) is 0 Å². The molecule has 11 heteroatoms. The van der Waals surface area contributed by atoms with E-state index in [0.29, 0.717) is 59.2 Å². The molecule has 5 rings (SSSR count). The van der Waals surface area contributed by atoms with Gasteiger partial charge in [0.05, 0.1) is 39.2 Å². The zero-order valence-corrected chi connectivity index (χ0v) is 18.2. The van der Waals surface area contributed by atoms with E-state index >= 15 is 0 Å². The van der Waals surface area contributed by atoms with Crippen molar-refractivity contribution in [3.63, 3.8) is 0 Å². The van der Waals surface area contributed by atoms with Gasteiger partial charge in [0.25, 0.3) is 5.91 Å². The first kappa shape index (κ1) is 20.6. The Hall–Kier alpha value is -4.28. The molecule has 0 saturated carbocycles. The molecule has 1 aliphatic rings. The maximum absolute atomic E-state index is 12.9. The number of likely N-dealkylation sites (tertiary alicyclic amines) is 1. The maximum Gasteiger partial charge on any atom is 0.271 e. The minimum Gasteiger partial charge on any atom is -0.493 e. The summed E-state index contributed by atoms with van der Waals surface area (Å²) in [5.74, 6) is 2.71. The Morgan fingerprint density at radius 2 is 1.88 bits per heavy atom. The average molecular weight is 451 g/mol. The Kier molecular flexibility index (Phi) is 5.21. The Labute approximate surface area is 188 Å². The Bertz CT molecular complexity index is 1250. The van der Waals surface area contributed by atoms with Crippen molar-refractivity contribution in [1.82, 2.24) is 25.2 Å². The second-order valence-electron chi connectivity index (χ2n) is 7.42. The van der Waals surface area contributed by atoms with E-state index in [9.17, 15) is 4.79 Å². The van der Waals surface area contributed by atoms with Crippen molar-refractivity contribution < 1.29 is 27.9 Å². The number of hydrogen-bond donors (Lipinski definition) is 1. The van der Waals surface area contributed by atoms with Gasteiger partial charge in [-0.25, -0.2) is 0 Å². The van der Waals surface area contributed by atoms with E-state index in [1.807, 2.05) is 0 Å². The van der Waals surface area contributed by atoms with Gasteiger partial charge in [-0.1, -0.05) is 5.16 Å². The fourth-order valence-electron chi connectivity index (χ4n) is 3.69. The lowest BCUT2D eigenvalue weighted by atomic mass is 9.99. The lowest BCUT2D eigenvalue weighted by Gasteiger charge is -2.36. The van der Waals surface area contributed by atoms with Crippen molar-refractivity contribution in [2.45, 2.75) is 5.92 Å². The summed E-state index contributed by atoms with van der Waals surface area (Å²) < 4.78 is 26.8. The highest BCUT2D eigenvalue weighted by molar-refractivity contribution is 5.94. The van der Waals surface area contributed by atoms with Crippen molar-refractivity contribution in [3.8, 4) is 40.1 Å². The van der Waals surface area contributed by atoms with E-state index in [4.69, 9.17) is 23.2 Å². The molecule has 1 fully saturated rings. The van der Waals surface area contributed by atoms with Crippen LogP contribution in [0.4, 0.5) is 0 Å². The molecule has 1 aromatic carbocycles. The monoisotopic (exact) mass is 451 g/mol. The highest BCUT2D eigenvalue weighted by Gasteiger charge is 2.37. The van der Waals surface area contributed by atoms with Gasteiger partial charge in [0.1, 0.15) is 5.69 Å². The highest BCUT2D eigenvalue weighted by atomic mass is 16.5. The van der Waals surface area contributed by atoms with Crippen LogP contribution < -0.4 is 14.2 Å². The fraction of sp³-hybridized carbons (Fsp3) is 0.273. The number of carbonyl (C=O) groups excluding carboxylic acids is 1. The molecule has 0 unspecified atom stereocenters. The quantitative estimate of drug-likeness (QED) is 0.451. The second kappa shape index (κ2) is 8.34. The summed E-state index contributed by atoms with van der Waals surface area (Å²) in [5.41, 5.74) is 1.67. The topological polar surface area (TPSA) is 129 Å². The first-order chi connectivity index (χ1) is 16.1. The molecule has 1 aliphatic heterocycles. The third-order valence-electron chi connectivity index (χ3n) is 5.47. The van der Waals surface area contributed by atoms with Gasteiger partial charge in [-0.2, -0.15) is 10.1 Å². The number of aromatic nitrogens is 4. The Morgan fingerprint density at radius 3 is 2.52 bits per heavy atom. The van der Waals surface area contributed by atoms with E-state index < -0.39 is 0 Å². The number of carbonyl (C=O) groups is 1. The van der Waals surface area contributed by atoms with Crippen LogP contribution in [0.5, 0.6) is 17.2 Å². The molecule has 170 valence electrons. The molecule has 4 heterocycles. The van der Waals surface area contributed by atoms with E-state index in [2.05, 4.69) is 20.3 Å². The molecule has 0 radical (unpaired) electrons. The van der Waals surface area contributed by atoms with E-state index in [-0.39, 0.29) is 11.8 Å². The predicted octanol–water partition coefficient (Wildman–Crippen LogP) is 2.99. The summed E-state index contributed by atoms with van der Waals surface area (Å²) in [6.45, 7) is 0.939. The zero-order chi connectivity index (χ0) is 22.9. The van der Waals surface area contributed by atoms with Gasteiger partial charge in [-0.3, -0.25) is 9.89 Å². The van der Waals surface area contributed by atoms with Crippen LogP contribution in [0.25, 0.3) is 22.8 Å². The minimum absolute atomic E-state index is 0.0253. The van der Waals surface area contributed by atoms with E-state index in [0.717, 1.165) is 5.56 Å². The van der Waals surface area contributed by atoms with Gasteiger partial charge in [0.15, 0.2) is 17.3 Å². The molecule has 1 saturated heterocycles. The molecule has 11 nitrogen and oxygen atoms in total. The Morgan fingerprint density at radius 1 is 1.12 bits per heavy atom. The number of benzene rings is 1. The number of methoxy groups -OCH3 is 3. The molecule has 1 amide bonds. The first-order valence-corrected chi connectivity index (χ1v) is 10.1. The van der Waals surface area contributed by atoms with Gasteiger partial charge >= 0.3 is 0 Å². The second-order valence-corrected chi connectivity index (χ2v) is 7.42. The normalized spacial score (nSPS) is 13.6. The van der Waals surface area contributed by atoms with Gasteiger partial charge < -0.3 is 28.1 Å². The summed E-state index contributed by atoms with van der Waals surface area (Å²) in [6.07, 6.45) is 1.55. The van der Waals surface area contributed by atoms with Crippen molar-refractivity contribution in [3.05, 3.63) is 48.2 Å². The van der Waals surface area contributed by atoms with Gasteiger partial charge in [-0.05, 0) is 30.3 Å². The first-order valence-electron chi connectivity index (χ1n) is 10.1. The van der Waals surface area contributed by atoms with E-state index in [1.165, 1.54) is 7.11 Å². The van der Waals surface area contributed by atoms with Crippen LogP contribution in [-0.4, -0.2) is 65.6 Å². The predicted molar refractivity (Wildman–Crippen MR) is 114 cm³/mol. The largest absolute Gasteiger partial charge is 0.493 e. The van der Waals surface area contributed by atoms with Gasteiger partial charge in [0, 0.05) is 18.7 Å². The lowest BCUT2D eigenvalue weighted by Crippen LogP contribution is -2.48. The number of hydrogen-bond acceptors (Lipinski definition) is 9. The highest BCUT2D eigenvalue weighted by Crippen LogP contribution is 2.41. The van der Waals surface area contributed by atoms with Crippen molar-refractivity contribution >= 4 is 5.91 Å². The minimum atomic E-state index is -0.164. The molecule has 3 aromatic heterocycles. The zero-order valence-electron chi connectivity index (χ0n) is 18.2. The number of ether oxygens (including phenoxy) is 3. The van der Waals surface area contributed by atoms with Gasteiger partial charge in [-0.15, -0.1) is 0 Å². The third kappa shape index (κ3) is 3.67. The molecule has 0 aliphatic carbocycles. The number of nitrogens with one attached hydrogen (secondary N) is 1. The Balaban J connectivity index is 1.28. The van der Waals surface area contributed by atoms with Crippen LogP contribution in [-0.2, 0) is 0 Å². The SMILES string of the molecule is COc1cc(-c2cc(C(=O)N3CC(c4nc(-c5ccco5)no4)C3)[nH]n2)cc(OC)c1OC. The van der Waals surface area contributed by atoms with Crippen LogP contribution in [0.1, 0.15) is 22.3 Å². The molecule has 4 aromatic rings. The molecule has 1 N–H and O–H groups in total. The molecule has 0 atom stereocenters. The standard InChI is InChI=1S/C22H21N5O6/c1-29-17-7-12(8-18(30-2)19(17)31-3)14-9-15(25-24-14)22(28)27-10-13(11-27)21-23-20(26-33-21)16-5-4-6-32-16/h4-9,13H,10-11H2,1-3H3,(H,24,25). The number of aromatic amines is 1. The lowest BCUT2D eigenvalue weighted by molar-refractivity contribution is 0.0563. The molecule has 0 spiro atoms. The smallest absolute Gasteiger partial charge is 0.271 e. The van der Waals surface area contributed by atoms with Crippen molar-refractivity contribution in [2.24, 2.45) is 0 Å². The van der Waals surface area contributed by atoms with Crippen molar-refractivity contribution in [1.29, 1.82) is 0 Å². The summed E-state index contributed by atoms with van der Waals surface area (Å²) >= 11 is 0. The fourth-order valence-corrected chi connectivity index (χ4v) is 3.69. The van der Waals surface area contributed by atoms with Crippen LogP contribution >= 0.6 is 0 Å². The van der Waals surface area contributed by atoms with Crippen molar-refractivity contribution in [2.75, 3.05) is 34.4 Å². The van der Waals surface area contributed by atoms with Crippen LogP contribution in [0.2, 0.25) is 0 Å². The summed E-state index contributed by atoms with van der Waals surface area (Å²) in [7, 11) is 4.63. The number of rotatable bonds is 7. The summed E-state index contributed by atoms with van der Waals surface area (Å²) in [4.78, 5) is 18.9. The molecular weight excluding hydrogens is 430 g/mol. The maximum atomic E-state index is 12.9. The molecule has 33 heavy (non-hydrogen) atoms. The number of nitrogens with zero attached hydrogens (tertiary/aromatic N) is 4. The van der Waals surface area contributed by atoms with Gasteiger partial charge in [0.2, 0.25) is 17.5 Å². The number of H-pyrrole nitrogens is 1. The van der Waals surface area contributed by atoms with E-state index in [1.54, 1.807) is 55.7 Å². The average Bonchev–Trinajstić information content (AvgIpc) is 3.58. The summed E-state index contributed by atoms with van der Waals surface area (Å²) in [6, 6.07) is 8.76. The molecular formula is C22H21N5O6. The third-order valence-corrected chi connectivity index (χ3v) is 5.47. The van der Waals surface area contributed by atoms with Crippen LogP contribution in [0, 0.1) is 0 Å².